The van der Waals surface area contributed by atoms with Crippen molar-refractivity contribution >= 4 is 5.91 Å². The van der Waals surface area contributed by atoms with E-state index in [1.54, 1.807) is 11.9 Å². The fourth-order valence-corrected chi connectivity index (χ4v) is 1.97. The van der Waals surface area contributed by atoms with Crippen molar-refractivity contribution in [3.8, 4) is 12.8 Å². The molecule has 0 atom stereocenters. The number of ether oxygens (including phenoxy) is 2. The van der Waals surface area contributed by atoms with Crippen LogP contribution in [0.2, 0.25) is 0 Å². The van der Waals surface area contributed by atoms with E-state index >= 15 is 0 Å². The Morgan fingerprint density at radius 3 is 1.90 bits per heavy atom. The van der Waals surface area contributed by atoms with Crippen LogP contribution in [0.3, 0.4) is 0 Å². The number of benzene rings is 1. The second kappa shape index (κ2) is 27.9. The fraction of sp³-hybridized carbons (Fsp3) is 0.593. The van der Waals surface area contributed by atoms with E-state index in [-0.39, 0.29) is 5.91 Å². The standard InChI is InChI=1S/C15H21NO2.C7H16O.C3H8.C2H2/c1-4-11-18-12-10-13(2)16(3)15(17)14-8-6-5-7-9-14;1-3-5-7-8-6-4-2;1-3-2;1-2/h5-10H,4,11-12H2,1-3H3;3-7H2,1-2H3;3H2,1-2H3;1-2H/b13-10-;;;. The van der Waals surface area contributed by atoms with E-state index in [1.807, 2.05) is 43.3 Å². The second-order valence-electron chi connectivity index (χ2n) is 6.82. The van der Waals surface area contributed by atoms with Crippen LogP contribution < -0.4 is 0 Å². The highest BCUT2D eigenvalue weighted by atomic mass is 16.5. The van der Waals surface area contributed by atoms with Crippen LogP contribution in [0, 0.1) is 12.8 Å². The van der Waals surface area contributed by atoms with Gasteiger partial charge in [-0.3, -0.25) is 4.79 Å². The highest BCUT2D eigenvalue weighted by Gasteiger charge is 2.11. The van der Waals surface area contributed by atoms with Crippen LogP contribution in [0.5, 0.6) is 0 Å². The first-order valence-electron chi connectivity index (χ1n) is 11.5. The van der Waals surface area contributed by atoms with Crippen LogP contribution in [0.15, 0.2) is 42.1 Å². The average Bonchev–Trinajstić information content (AvgIpc) is 2.81. The number of terminal acetylenes is 1. The molecule has 178 valence electrons. The molecular weight excluding hydrogens is 386 g/mol. The number of rotatable bonds is 11. The molecule has 0 bridgehead atoms. The normalized spacial score (nSPS) is 9.77. The van der Waals surface area contributed by atoms with E-state index < -0.39 is 0 Å². The van der Waals surface area contributed by atoms with Gasteiger partial charge in [0, 0.05) is 38.1 Å². The number of carbonyl (C=O) groups excluding carboxylic acids is 1. The van der Waals surface area contributed by atoms with Crippen LogP contribution in [-0.4, -0.2) is 44.3 Å². The van der Waals surface area contributed by atoms with E-state index in [4.69, 9.17) is 9.47 Å². The molecule has 1 rings (SSSR count). The van der Waals surface area contributed by atoms with Crippen LogP contribution in [-0.2, 0) is 9.47 Å². The van der Waals surface area contributed by atoms with E-state index in [2.05, 4.69) is 47.5 Å². The summed E-state index contributed by atoms with van der Waals surface area (Å²) in [7, 11) is 1.78. The summed E-state index contributed by atoms with van der Waals surface area (Å²) in [5, 5.41) is 0. The molecule has 31 heavy (non-hydrogen) atoms. The van der Waals surface area contributed by atoms with Crippen molar-refractivity contribution in [2.24, 2.45) is 0 Å². The SMILES string of the molecule is C#C.CCC.CCCCOCCC.CCCOC/C=C(/C)N(C)C(=O)c1ccccc1. The molecule has 0 aliphatic heterocycles. The van der Waals surface area contributed by atoms with Gasteiger partial charge in [0.15, 0.2) is 0 Å². The molecule has 0 saturated carbocycles. The summed E-state index contributed by atoms with van der Waals surface area (Å²) in [6.45, 7) is 15.7. The summed E-state index contributed by atoms with van der Waals surface area (Å²) in [5.74, 6) is -0.000147. The van der Waals surface area contributed by atoms with Gasteiger partial charge in [-0.1, -0.05) is 65.7 Å². The van der Waals surface area contributed by atoms with Crippen molar-refractivity contribution in [3.05, 3.63) is 47.7 Å². The molecular formula is C27H47NO3. The molecule has 4 heteroatoms. The minimum atomic E-state index is -0.000147. The molecule has 4 nitrogen and oxygen atoms in total. The lowest BCUT2D eigenvalue weighted by Crippen LogP contribution is -2.25. The number of hydrogen-bond acceptors (Lipinski definition) is 3. The molecule has 1 aromatic carbocycles. The Morgan fingerprint density at radius 2 is 1.42 bits per heavy atom. The van der Waals surface area contributed by atoms with Crippen LogP contribution in [0.1, 0.15) is 84.0 Å². The lowest BCUT2D eigenvalue weighted by molar-refractivity contribution is 0.0834. The second-order valence-corrected chi connectivity index (χ2v) is 6.82. The first-order chi connectivity index (χ1) is 15.0. The molecule has 0 radical (unpaired) electrons. The van der Waals surface area contributed by atoms with Gasteiger partial charge < -0.3 is 14.4 Å². The lowest BCUT2D eigenvalue weighted by Gasteiger charge is -2.18. The largest absolute Gasteiger partial charge is 0.381 e. The smallest absolute Gasteiger partial charge is 0.257 e. The van der Waals surface area contributed by atoms with Gasteiger partial charge in [-0.2, -0.15) is 0 Å². The van der Waals surface area contributed by atoms with Gasteiger partial charge in [0.05, 0.1) is 6.61 Å². The third-order valence-electron chi connectivity index (χ3n) is 3.69. The zero-order valence-corrected chi connectivity index (χ0v) is 21.2. The van der Waals surface area contributed by atoms with Crippen molar-refractivity contribution in [1.29, 1.82) is 0 Å². The molecule has 0 aliphatic rings. The highest BCUT2D eigenvalue weighted by Crippen LogP contribution is 2.08. The Labute approximate surface area is 193 Å². The van der Waals surface area contributed by atoms with E-state index in [0.717, 1.165) is 38.4 Å². The van der Waals surface area contributed by atoms with Crippen molar-refractivity contribution in [3.63, 3.8) is 0 Å². The zero-order valence-electron chi connectivity index (χ0n) is 21.2. The van der Waals surface area contributed by atoms with E-state index in [0.29, 0.717) is 12.2 Å². The van der Waals surface area contributed by atoms with Gasteiger partial charge in [-0.05, 0) is 44.4 Å². The fourth-order valence-electron chi connectivity index (χ4n) is 1.97. The molecule has 0 heterocycles. The Hall–Kier alpha value is -2.09. The Kier molecular flexibility index (Phi) is 30.2. The molecule has 0 saturated heterocycles. The maximum Gasteiger partial charge on any atom is 0.257 e. The maximum absolute atomic E-state index is 12.1. The Morgan fingerprint density at radius 1 is 0.903 bits per heavy atom. The van der Waals surface area contributed by atoms with Crippen molar-refractivity contribution < 1.29 is 14.3 Å². The summed E-state index contributed by atoms with van der Waals surface area (Å²) < 4.78 is 10.6. The van der Waals surface area contributed by atoms with Crippen molar-refractivity contribution in [2.45, 2.75) is 73.6 Å². The number of amides is 1. The number of carbonyl (C=O) groups is 1. The third kappa shape index (κ3) is 22.4. The summed E-state index contributed by atoms with van der Waals surface area (Å²) in [6.07, 6.45) is 15.8. The van der Waals surface area contributed by atoms with Crippen LogP contribution in [0.4, 0.5) is 0 Å². The van der Waals surface area contributed by atoms with E-state index in [1.165, 1.54) is 19.3 Å². The van der Waals surface area contributed by atoms with Crippen molar-refractivity contribution in [1.82, 2.24) is 4.90 Å². The maximum atomic E-state index is 12.1. The van der Waals surface area contributed by atoms with E-state index in [9.17, 15) is 4.79 Å². The number of allylic oxidation sites excluding steroid dienone is 1. The van der Waals surface area contributed by atoms with Gasteiger partial charge in [0.2, 0.25) is 0 Å². The molecule has 0 N–H and O–H groups in total. The van der Waals surface area contributed by atoms with Gasteiger partial charge >= 0.3 is 0 Å². The monoisotopic (exact) mass is 433 g/mol. The minimum Gasteiger partial charge on any atom is -0.381 e. The first kappa shape index (κ1) is 33.5. The number of unbranched alkanes of at least 4 members (excludes halogenated alkanes) is 1. The summed E-state index contributed by atoms with van der Waals surface area (Å²) in [6, 6.07) is 9.27. The summed E-state index contributed by atoms with van der Waals surface area (Å²) in [5.41, 5.74) is 1.60. The molecule has 0 unspecified atom stereocenters. The molecule has 0 spiro atoms. The van der Waals surface area contributed by atoms with Gasteiger partial charge in [0.25, 0.3) is 5.91 Å². The van der Waals surface area contributed by atoms with Gasteiger partial charge in [0.1, 0.15) is 0 Å². The molecule has 1 amide bonds. The quantitative estimate of drug-likeness (QED) is 0.279. The summed E-state index contributed by atoms with van der Waals surface area (Å²) in [4.78, 5) is 13.8. The topological polar surface area (TPSA) is 38.8 Å². The molecule has 0 aliphatic carbocycles. The number of hydrogen-bond donors (Lipinski definition) is 0. The Balaban J connectivity index is -0.000000503. The molecule has 0 fully saturated rings. The summed E-state index contributed by atoms with van der Waals surface area (Å²) >= 11 is 0. The van der Waals surface area contributed by atoms with Crippen LogP contribution >= 0.6 is 0 Å². The average molecular weight is 434 g/mol. The highest BCUT2D eigenvalue weighted by molar-refractivity contribution is 5.95. The lowest BCUT2D eigenvalue weighted by atomic mass is 10.2. The zero-order chi connectivity index (χ0) is 24.3. The predicted molar refractivity (Wildman–Crippen MR) is 135 cm³/mol. The first-order valence-corrected chi connectivity index (χ1v) is 11.5. The Bertz CT molecular complexity index is 532. The predicted octanol–water partition coefficient (Wildman–Crippen LogP) is 6.97. The van der Waals surface area contributed by atoms with Crippen LogP contribution in [0.25, 0.3) is 0 Å². The minimum absolute atomic E-state index is 0.000147. The molecule has 0 aromatic heterocycles. The third-order valence-corrected chi connectivity index (χ3v) is 3.69. The van der Waals surface area contributed by atoms with Gasteiger partial charge in [-0.15, -0.1) is 12.8 Å². The number of nitrogens with zero attached hydrogens (tertiary/aromatic N) is 1. The molecule has 1 aromatic rings. The van der Waals surface area contributed by atoms with Crippen molar-refractivity contribution in [2.75, 3.05) is 33.5 Å². The van der Waals surface area contributed by atoms with Gasteiger partial charge in [-0.25, -0.2) is 0 Å².